The Morgan fingerprint density at radius 1 is 0.875 bits per heavy atom. The number of nitrogens with zero attached hydrogens (tertiary/aromatic N) is 1. The van der Waals surface area contributed by atoms with Crippen LogP contribution >= 0.6 is 12.4 Å². The Labute approximate surface area is 127 Å². The van der Waals surface area contributed by atoms with Crippen LogP contribution in [0.25, 0.3) is 0 Å². The van der Waals surface area contributed by atoms with E-state index < -0.39 is 0 Å². The molecule has 0 saturated heterocycles. The molecular weight excluding hydrogens is 281 g/mol. The van der Waals surface area contributed by atoms with Crippen molar-refractivity contribution < 1.29 is 57.7 Å². The standard InChI is InChI=1S/C5H14NO.2ClH.Mg.6H2O.2H/c1-6(2,3)4-5-7;;;;;;;;;;;/h7H,4-5H2,1-3H3;2*1H;;6*1H2;;/q+1;;;+2;;;;;;;2*-1/p-1. The molecule has 112 valence electrons. The summed E-state index contributed by atoms with van der Waals surface area (Å²) in [5.41, 5.74) is 0. The third-order valence-corrected chi connectivity index (χ3v) is 0.771. The minimum absolute atomic E-state index is 0. The fourth-order valence-corrected chi connectivity index (χ4v) is 0.300. The number of aliphatic hydroxyl groups excluding tert-OH is 1. The number of hydrogen-bond acceptors (Lipinski definition) is 1. The number of halogens is 2. The fourth-order valence-electron chi connectivity index (χ4n) is 0.300. The summed E-state index contributed by atoms with van der Waals surface area (Å²) < 4.78 is 0.844. The average Bonchev–Trinajstić information content (AvgIpc) is 1.30. The van der Waals surface area contributed by atoms with Crippen LogP contribution in [-0.2, 0) is 0 Å². The maximum atomic E-state index is 8.39. The van der Waals surface area contributed by atoms with Crippen molar-refractivity contribution in [3.63, 3.8) is 0 Å². The Kier molecular flexibility index (Phi) is 246. The van der Waals surface area contributed by atoms with Gasteiger partial charge in [0.2, 0.25) is 0 Å². The van der Waals surface area contributed by atoms with Gasteiger partial charge in [0, 0.05) is 0 Å². The van der Waals surface area contributed by atoms with Gasteiger partial charge in [0.15, 0.2) is 0 Å². The largest absolute Gasteiger partial charge is 2.00 e. The van der Waals surface area contributed by atoms with Crippen molar-refractivity contribution >= 4 is 35.5 Å². The maximum absolute atomic E-state index is 8.39. The molecule has 8 nitrogen and oxygen atoms in total. The molecule has 13 N–H and O–H groups in total. The van der Waals surface area contributed by atoms with Crippen LogP contribution < -0.4 is 12.4 Å². The molecule has 0 aromatic carbocycles. The molecule has 0 aliphatic rings. The van der Waals surface area contributed by atoms with Gasteiger partial charge in [-0.3, -0.25) is 0 Å². The molecule has 0 fully saturated rings. The van der Waals surface area contributed by atoms with Gasteiger partial charge >= 0.3 is 23.1 Å². The van der Waals surface area contributed by atoms with E-state index in [0.717, 1.165) is 11.0 Å². The summed E-state index contributed by atoms with van der Waals surface area (Å²) in [7, 11) is 6.16. The molecule has 0 aliphatic heterocycles. The predicted octanol–water partition coefficient (Wildman–Crippen LogP) is -7.99. The second-order valence-corrected chi connectivity index (χ2v) is 2.74. The minimum atomic E-state index is 0. The van der Waals surface area contributed by atoms with Crippen molar-refractivity contribution in [3.05, 3.63) is 0 Å². The quantitative estimate of drug-likeness (QED) is 0.382. The molecule has 0 amide bonds. The zero-order chi connectivity index (χ0) is 5.91. The Bertz CT molecular complexity index is 78.3. The smallest absolute Gasteiger partial charge is 1.00 e. The summed E-state index contributed by atoms with van der Waals surface area (Å²) in [4.78, 5) is 0. The number of rotatable bonds is 2. The van der Waals surface area contributed by atoms with Crippen LogP contribution in [0, 0.1) is 0 Å². The molecule has 11 heteroatoms. The van der Waals surface area contributed by atoms with Crippen LogP contribution in [0.1, 0.15) is 2.85 Å². The van der Waals surface area contributed by atoms with Gasteiger partial charge in [0.1, 0.15) is 6.54 Å². The number of quaternary nitrogens is 1. The molecule has 0 heterocycles. The SMILES string of the molecule is C[N+](C)(C)CCO.Cl.O.O.O.O.O.O.[Cl-].[H-].[H-].[Mg+2]. The molecule has 0 radical (unpaired) electrons. The number of likely N-dealkylation sites (N-methyl/N-ethyl adjacent to an activating group) is 1. The first-order chi connectivity index (χ1) is 3.06. The number of hydrogen-bond donors (Lipinski definition) is 1. The van der Waals surface area contributed by atoms with Crippen LogP contribution in [-0.4, -0.2) is 99.8 Å². The van der Waals surface area contributed by atoms with E-state index in [4.69, 9.17) is 5.11 Å². The second-order valence-electron chi connectivity index (χ2n) is 2.74. The normalized spacial score (nSPS) is 5.25. The summed E-state index contributed by atoms with van der Waals surface area (Å²) >= 11 is 0. The minimum Gasteiger partial charge on any atom is -1.00 e. The first-order valence-corrected chi connectivity index (χ1v) is 2.47. The Morgan fingerprint density at radius 2 is 1.06 bits per heavy atom. The third kappa shape index (κ3) is 117. The molecule has 16 heavy (non-hydrogen) atoms. The van der Waals surface area contributed by atoms with Crippen molar-refractivity contribution in [2.45, 2.75) is 0 Å². The Morgan fingerprint density at radius 3 is 1.06 bits per heavy atom. The van der Waals surface area contributed by atoms with Gasteiger partial charge in [-0.25, -0.2) is 0 Å². The molecule has 0 aromatic rings. The maximum Gasteiger partial charge on any atom is 2.00 e. The summed E-state index contributed by atoms with van der Waals surface area (Å²) in [6, 6.07) is 0. The van der Waals surface area contributed by atoms with Gasteiger partial charge < -0.3 is 57.7 Å². The van der Waals surface area contributed by atoms with E-state index in [9.17, 15) is 0 Å². The van der Waals surface area contributed by atoms with E-state index in [2.05, 4.69) is 21.1 Å². The molecule has 0 unspecified atom stereocenters. The summed E-state index contributed by atoms with van der Waals surface area (Å²) in [6.07, 6.45) is 0. The molecule has 0 bridgehead atoms. The van der Waals surface area contributed by atoms with Crippen molar-refractivity contribution in [2.75, 3.05) is 34.3 Å². The van der Waals surface area contributed by atoms with Crippen LogP contribution in [0.3, 0.4) is 0 Å². The van der Waals surface area contributed by atoms with Gasteiger partial charge in [0.25, 0.3) is 0 Å². The van der Waals surface area contributed by atoms with E-state index >= 15 is 0 Å². The van der Waals surface area contributed by atoms with E-state index in [-0.39, 0.29) is 90.2 Å². The van der Waals surface area contributed by atoms with Crippen LogP contribution in [0.5, 0.6) is 0 Å². The van der Waals surface area contributed by atoms with Crippen LogP contribution in [0.2, 0.25) is 0 Å². The first kappa shape index (κ1) is 88.6. The Balaban J connectivity index is -0.00000000327. The summed E-state index contributed by atoms with van der Waals surface area (Å²) in [5, 5.41) is 8.39. The monoisotopic (exact) mass is 309 g/mol. The van der Waals surface area contributed by atoms with E-state index in [1.165, 1.54) is 0 Å². The molecular formula is C5H29Cl2MgNO7. The van der Waals surface area contributed by atoms with Crippen molar-refractivity contribution in [1.82, 2.24) is 0 Å². The molecule has 0 rings (SSSR count). The van der Waals surface area contributed by atoms with Gasteiger partial charge in [-0.1, -0.05) is 0 Å². The number of aliphatic hydroxyl groups is 1. The van der Waals surface area contributed by atoms with Crippen molar-refractivity contribution in [3.8, 4) is 0 Å². The molecule has 0 atom stereocenters. The third-order valence-electron chi connectivity index (χ3n) is 0.771. The van der Waals surface area contributed by atoms with Crippen LogP contribution in [0.4, 0.5) is 0 Å². The fraction of sp³-hybridized carbons (Fsp3) is 1.00. The second kappa shape index (κ2) is 44.4. The van der Waals surface area contributed by atoms with E-state index in [1.807, 2.05) is 0 Å². The zero-order valence-corrected chi connectivity index (χ0v) is 12.8. The molecule has 0 aromatic heterocycles. The average molecular weight is 310 g/mol. The molecule has 0 saturated carbocycles. The molecule has 0 spiro atoms. The van der Waals surface area contributed by atoms with E-state index in [1.54, 1.807) is 0 Å². The Hall–Kier alpha value is 1.03. The van der Waals surface area contributed by atoms with Crippen LogP contribution in [0.15, 0.2) is 0 Å². The van der Waals surface area contributed by atoms with Gasteiger partial charge in [-0.05, 0) is 0 Å². The first-order valence-electron chi connectivity index (χ1n) is 2.47. The predicted molar refractivity (Wildman–Crippen MR) is 66.9 cm³/mol. The summed E-state index contributed by atoms with van der Waals surface area (Å²) in [5.74, 6) is 0. The van der Waals surface area contributed by atoms with Crippen molar-refractivity contribution in [1.29, 1.82) is 0 Å². The van der Waals surface area contributed by atoms with E-state index in [0.29, 0.717) is 0 Å². The summed E-state index contributed by atoms with van der Waals surface area (Å²) in [6.45, 7) is 1.11. The van der Waals surface area contributed by atoms with Gasteiger partial charge in [-0.15, -0.1) is 12.4 Å². The van der Waals surface area contributed by atoms with Gasteiger partial charge in [0.05, 0.1) is 27.7 Å². The van der Waals surface area contributed by atoms with Crippen molar-refractivity contribution in [2.24, 2.45) is 0 Å². The topological polar surface area (TPSA) is 209 Å². The molecule has 0 aliphatic carbocycles. The van der Waals surface area contributed by atoms with Gasteiger partial charge in [-0.2, -0.15) is 0 Å². The zero-order valence-electron chi connectivity index (χ0n) is 11.8.